The summed E-state index contributed by atoms with van der Waals surface area (Å²) in [5.74, 6) is 1.86. The summed E-state index contributed by atoms with van der Waals surface area (Å²) in [4.78, 5) is 14.7. The Bertz CT molecular complexity index is 915. The van der Waals surface area contributed by atoms with Crippen molar-refractivity contribution in [3.63, 3.8) is 0 Å². The van der Waals surface area contributed by atoms with Crippen LogP contribution in [0.1, 0.15) is 18.4 Å². The number of hydrogen-bond donors (Lipinski definition) is 1. The predicted molar refractivity (Wildman–Crippen MR) is 101 cm³/mol. The first-order chi connectivity index (χ1) is 13.2. The number of anilines is 1. The third kappa shape index (κ3) is 3.84. The summed E-state index contributed by atoms with van der Waals surface area (Å²) in [6.45, 7) is 2.15. The monoisotopic (exact) mass is 366 g/mol. The minimum absolute atomic E-state index is 0.0399. The highest BCUT2D eigenvalue weighted by atomic mass is 16.5. The molecule has 3 heterocycles. The lowest BCUT2D eigenvalue weighted by Gasteiger charge is -2.32. The molecule has 8 nitrogen and oxygen atoms in total. The predicted octanol–water partition coefficient (Wildman–Crippen LogP) is 1.67. The molecule has 1 aliphatic heterocycles. The lowest BCUT2D eigenvalue weighted by Crippen LogP contribution is -2.40. The Morgan fingerprint density at radius 2 is 1.96 bits per heavy atom. The maximum absolute atomic E-state index is 12.5. The number of fused-ring (bicyclic) bond motifs is 1. The minimum Gasteiger partial charge on any atom is -0.497 e. The van der Waals surface area contributed by atoms with Crippen LogP contribution in [0.2, 0.25) is 0 Å². The number of methoxy groups -OCH3 is 1. The van der Waals surface area contributed by atoms with Crippen LogP contribution in [0.5, 0.6) is 5.75 Å². The second kappa shape index (κ2) is 7.61. The second-order valence-corrected chi connectivity index (χ2v) is 6.65. The third-order valence-corrected chi connectivity index (χ3v) is 4.96. The zero-order valence-corrected chi connectivity index (χ0v) is 15.2. The number of nitrogens with one attached hydrogen (secondary N) is 1. The number of aromatic nitrogens is 4. The van der Waals surface area contributed by atoms with Gasteiger partial charge in [-0.25, -0.2) is 0 Å². The van der Waals surface area contributed by atoms with Crippen molar-refractivity contribution in [2.24, 2.45) is 5.92 Å². The van der Waals surface area contributed by atoms with Crippen molar-refractivity contribution in [1.82, 2.24) is 25.1 Å². The highest BCUT2D eigenvalue weighted by molar-refractivity contribution is 5.79. The number of carbonyl (C=O) groups excluding carboxylic acids is 1. The molecule has 1 saturated heterocycles. The molecule has 0 spiro atoms. The summed E-state index contributed by atoms with van der Waals surface area (Å²) in [7, 11) is 1.64. The summed E-state index contributed by atoms with van der Waals surface area (Å²) in [5.41, 5.74) is 1.79. The van der Waals surface area contributed by atoms with Crippen LogP contribution in [0, 0.1) is 5.92 Å². The summed E-state index contributed by atoms with van der Waals surface area (Å²) >= 11 is 0. The Kier molecular flexibility index (Phi) is 4.86. The van der Waals surface area contributed by atoms with Crippen molar-refractivity contribution in [3.05, 3.63) is 48.3 Å². The highest BCUT2D eigenvalue weighted by Gasteiger charge is 2.25. The smallest absolute Gasteiger partial charge is 0.223 e. The maximum Gasteiger partial charge on any atom is 0.223 e. The fraction of sp³-hybridized carbons (Fsp3) is 0.368. The summed E-state index contributed by atoms with van der Waals surface area (Å²) in [5, 5.41) is 15.4. The molecule has 0 unspecified atom stereocenters. The first-order valence-corrected chi connectivity index (χ1v) is 9.05. The van der Waals surface area contributed by atoms with Crippen LogP contribution in [0.15, 0.2) is 42.7 Å². The Morgan fingerprint density at radius 1 is 1.19 bits per heavy atom. The van der Waals surface area contributed by atoms with Crippen molar-refractivity contribution < 1.29 is 9.53 Å². The molecule has 0 atom stereocenters. The molecule has 1 amide bonds. The topological polar surface area (TPSA) is 84.6 Å². The van der Waals surface area contributed by atoms with Gasteiger partial charge in [-0.3, -0.25) is 4.79 Å². The molecule has 1 fully saturated rings. The Morgan fingerprint density at radius 3 is 2.70 bits per heavy atom. The van der Waals surface area contributed by atoms with Gasteiger partial charge in [-0.1, -0.05) is 12.1 Å². The Balaban J connectivity index is 1.29. The van der Waals surface area contributed by atoms with E-state index >= 15 is 0 Å². The summed E-state index contributed by atoms with van der Waals surface area (Å²) in [6.07, 6.45) is 3.23. The van der Waals surface area contributed by atoms with Crippen LogP contribution in [-0.2, 0) is 11.3 Å². The molecular weight excluding hydrogens is 344 g/mol. The van der Waals surface area contributed by atoms with Crippen LogP contribution >= 0.6 is 0 Å². The average Bonchev–Trinajstić information content (AvgIpc) is 3.20. The molecular formula is C19H22N6O2. The molecule has 1 aliphatic rings. The van der Waals surface area contributed by atoms with Crippen molar-refractivity contribution in [3.8, 4) is 5.75 Å². The molecule has 0 bridgehead atoms. The van der Waals surface area contributed by atoms with Gasteiger partial charge in [-0.15, -0.1) is 15.3 Å². The lowest BCUT2D eigenvalue weighted by atomic mass is 9.96. The third-order valence-electron chi connectivity index (χ3n) is 4.96. The van der Waals surface area contributed by atoms with E-state index < -0.39 is 0 Å². The molecule has 0 radical (unpaired) electrons. The standard InChI is InChI=1S/C19H22N6O2/c1-27-16-4-2-14(3-5-16)12-20-19(26)15-8-10-24(11-9-15)18-7-6-17-22-21-13-25(17)23-18/h2-7,13,15H,8-12H2,1H3,(H,20,26). The molecule has 3 aromatic rings. The van der Waals surface area contributed by atoms with Crippen molar-refractivity contribution in [1.29, 1.82) is 0 Å². The van der Waals surface area contributed by atoms with Gasteiger partial charge < -0.3 is 15.0 Å². The summed E-state index contributed by atoms with van der Waals surface area (Å²) < 4.78 is 6.82. The highest BCUT2D eigenvalue weighted by Crippen LogP contribution is 2.22. The fourth-order valence-electron chi connectivity index (χ4n) is 3.33. The molecule has 1 aromatic carbocycles. The largest absolute Gasteiger partial charge is 0.497 e. The number of nitrogens with zero attached hydrogens (tertiary/aromatic N) is 5. The Hall–Kier alpha value is -3.16. The quantitative estimate of drug-likeness (QED) is 0.739. The first-order valence-electron chi connectivity index (χ1n) is 9.05. The van der Waals surface area contributed by atoms with Crippen molar-refractivity contribution in [2.45, 2.75) is 19.4 Å². The lowest BCUT2D eigenvalue weighted by molar-refractivity contribution is -0.125. The minimum atomic E-state index is 0.0399. The van der Waals surface area contributed by atoms with Crippen molar-refractivity contribution in [2.75, 3.05) is 25.1 Å². The van der Waals surface area contributed by atoms with E-state index in [0.717, 1.165) is 48.7 Å². The molecule has 1 N–H and O–H groups in total. The summed E-state index contributed by atoms with van der Waals surface area (Å²) in [6, 6.07) is 11.6. The maximum atomic E-state index is 12.5. The van der Waals surface area contributed by atoms with Crippen LogP contribution in [0.3, 0.4) is 0 Å². The number of hydrogen-bond acceptors (Lipinski definition) is 6. The molecule has 140 valence electrons. The van der Waals surface area contributed by atoms with Crippen LogP contribution in [0.25, 0.3) is 5.65 Å². The van der Waals surface area contributed by atoms with E-state index in [1.165, 1.54) is 0 Å². The van der Waals surface area contributed by atoms with Gasteiger partial charge in [-0.2, -0.15) is 4.52 Å². The zero-order valence-electron chi connectivity index (χ0n) is 15.2. The fourth-order valence-corrected chi connectivity index (χ4v) is 3.33. The number of ether oxygens (including phenoxy) is 1. The number of piperidine rings is 1. The first kappa shape index (κ1) is 17.3. The van der Waals surface area contributed by atoms with Gasteiger partial charge in [0.2, 0.25) is 5.91 Å². The van der Waals surface area contributed by atoms with Gasteiger partial charge in [0, 0.05) is 25.6 Å². The van der Waals surface area contributed by atoms with E-state index in [0.29, 0.717) is 6.54 Å². The van der Waals surface area contributed by atoms with Gasteiger partial charge in [-0.05, 0) is 42.7 Å². The van der Waals surface area contributed by atoms with E-state index in [-0.39, 0.29) is 11.8 Å². The SMILES string of the molecule is COc1ccc(CNC(=O)C2CCN(c3ccc4nncn4n3)CC2)cc1. The Labute approximate surface area is 157 Å². The molecule has 4 rings (SSSR count). The second-order valence-electron chi connectivity index (χ2n) is 6.65. The van der Waals surface area contributed by atoms with E-state index in [9.17, 15) is 4.79 Å². The van der Waals surface area contributed by atoms with E-state index in [1.807, 2.05) is 36.4 Å². The van der Waals surface area contributed by atoms with Crippen LogP contribution < -0.4 is 15.0 Å². The van der Waals surface area contributed by atoms with E-state index in [1.54, 1.807) is 18.0 Å². The number of rotatable bonds is 5. The van der Waals surface area contributed by atoms with Gasteiger partial charge in [0.25, 0.3) is 0 Å². The average molecular weight is 366 g/mol. The van der Waals surface area contributed by atoms with E-state index in [4.69, 9.17) is 4.74 Å². The number of carbonyl (C=O) groups is 1. The van der Waals surface area contributed by atoms with Crippen LogP contribution in [-0.4, -0.2) is 45.9 Å². The van der Waals surface area contributed by atoms with Gasteiger partial charge in [0.05, 0.1) is 7.11 Å². The van der Waals surface area contributed by atoms with Crippen LogP contribution in [0.4, 0.5) is 5.82 Å². The van der Waals surface area contributed by atoms with E-state index in [2.05, 4.69) is 25.5 Å². The molecule has 2 aromatic heterocycles. The number of amides is 1. The normalized spacial score (nSPS) is 15.1. The number of benzene rings is 1. The molecule has 0 aliphatic carbocycles. The van der Waals surface area contributed by atoms with Gasteiger partial charge >= 0.3 is 0 Å². The molecule has 27 heavy (non-hydrogen) atoms. The molecule has 8 heteroatoms. The molecule has 0 saturated carbocycles. The zero-order chi connectivity index (χ0) is 18.6. The van der Waals surface area contributed by atoms with Gasteiger partial charge in [0.15, 0.2) is 5.65 Å². The van der Waals surface area contributed by atoms with Crippen molar-refractivity contribution >= 4 is 17.4 Å². The van der Waals surface area contributed by atoms with Gasteiger partial charge in [0.1, 0.15) is 17.9 Å².